The number of anilines is 1. The number of carbonyl (C=O) groups is 2. The Kier molecular flexibility index (Phi) is 6.11. The molecular formula is C22H21N3O2S. The summed E-state index contributed by atoms with van der Waals surface area (Å²) in [4.78, 5) is 31.4. The van der Waals surface area contributed by atoms with E-state index in [1.165, 1.54) is 4.90 Å². The molecule has 0 radical (unpaired) electrons. The summed E-state index contributed by atoms with van der Waals surface area (Å²) in [5.41, 5.74) is 3.64. The maximum absolute atomic E-state index is 12.7. The number of rotatable bonds is 4. The lowest BCUT2D eigenvalue weighted by Gasteiger charge is -2.11. The third-order valence-electron chi connectivity index (χ3n) is 4.06. The van der Waals surface area contributed by atoms with E-state index in [2.05, 4.69) is 10.3 Å². The number of aromatic nitrogens is 1. The largest absolute Gasteiger partial charge is 0.339 e. The third kappa shape index (κ3) is 4.78. The van der Waals surface area contributed by atoms with Gasteiger partial charge in [0, 0.05) is 30.2 Å². The van der Waals surface area contributed by atoms with Crippen LogP contribution in [0.2, 0.25) is 0 Å². The van der Waals surface area contributed by atoms with Gasteiger partial charge >= 0.3 is 0 Å². The maximum atomic E-state index is 12.7. The second-order valence-corrected chi connectivity index (χ2v) is 7.46. The first kappa shape index (κ1) is 19.6. The molecule has 1 N–H and O–H groups in total. The zero-order valence-electron chi connectivity index (χ0n) is 16.0. The van der Waals surface area contributed by atoms with Crippen LogP contribution in [-0.4, -0.2) is 35.1 Å². The summed E-state index contributed by atoms with van der Waals surface area (Å²) < 4.78 is 0. The van der Waals surface area contributed by atoms with Crippen LogP contribution in [0.4, 0.5) is 10.5 Å². The smallest absolute Gasteiger partial charge is 0.285 e. The Morgan fingerprint density at radius 1 is 0.964 bits per heavy atom. The highest BCUT2D eigenvalue weighted by Crippen LogP contribution is 2.24. The van der Waals surface area contributed by atoms with E-state index < -0.39 is 0 Å². The van der Waals surface area contributed by atoms with Gasteiger partial charge in [0.15, 0.2) is 0 Å². The van der Waals surface area contributed by atoms with Crippen molar-refractivity contribution in [3.8, 4) is 11.3 Å². The van der Waals surface area contributed by atoms with Crippen LogP contribution in [0, 0.1) is 6.92 Å². The van der Waals surface area contributed by atoms with Crippen LogP contribution in [0.25, 0.3) is 11.3 Å². The lowest BCUT2D eigenvalue weighted by atomic mass is 10.1. The van der Waals surface area contributed by atoms with E-state index in [0.717, 1.165) is 27.9 Å². The first-order chi connectivity index (χ1) is 13.4. The average Bonchev–Trinajstić information content (AvgIpc) is 2.68. The van der Waals surface area contributed by atoms with Gasteiger partial charge in [-0.1, -0.05) is 36.4 Å². The fourth-order valence-corrected chi connectivity index (χ4v) is 3.32. The van der Waals surface area contributed by atoms with E-state index in [-0.39, 0.29) is 11.1 Å². The first-order valence-corrected chi connectivity index (χ1v) is 9.59. The summed E-state index contributed by atoms with van der Waals surface area (Å²) in [6.45, 7) is 1.82. The second kappa shape index (κ2) is 8.71. The minimum absolute atomic E-state index is 0.0694. The summed E-state index contributed by atoms with van der Waals surface area (Å²) in [5, 5.41) is 2.81. The Labute approximate surface area is 168 Å². The molecule has 2 aromatic carbocycles. The average molecular weight is 391 g/mol. The maximum Gasteiger partial charge on any atom is 0.285 e. The lowest BCUT2D eigenvalue weighted by molar-refractivity contribution is 0.102. The molecular weight excluding hydrogens is 370 g/mol. The van der Waals surface area contributed by atoms with Crippen molar-refractivity contribution in [2.45, 2.75) is 11.8 Å². The number of carbonyl (C=O) groups excluding carboxylic acids is 2. The quantitative estimate of drug-likeness (QED) is 0.630. The lowest BCUT2D eigenvalue weighted by Crippen LogP contribution is -2.16. The van der Waals surface area contributed by atoms with E-state index >= 15 is 0 Å². The van der Waals surface area contributed by atoms with Crippen molar-refractivity contribution < 1.29 is 9.59 Å². The molecule has 3 aromatic rings. The Hall–Kier alpha value is -3.12. The van der Waals surface area contributed by atoms with Crippen LogP contribution < -0.4 is 5.32 Å². The number of benzene rings is 2. The Morgan fingerprint density at radius 2 is 1.71 bits per heavy atom. The predicted molar refractivity (Wildman–Crippen MR) is 114 cm³/mol. The molecule has 0 aliphatic heterocycles. The molecule has 28 heavy (non-hydrogen) atoms. The van der Waals surface area contributed by atoms with Crippen molar-refractivity contribution in [1.82, 2.24) is 9.88 Å². The molecule has 1 heterocycles. The molecule has 142 valence electrons. The van der Waals surface area contributed by atoms with E-state index in [9.17, 15) is 9.59 Å². The van der Waals surface area contributed by atoms with Gasteiger partial charge < -0.3 is 10.2 Å². The van der Waals surface area contributed by atoms with Gasteiger partial charge in [-0.15, -0.1) is 0 Å². The molecule has 0 saturated heterocycles. The molecule has 5 nitrogen and oxygen atoms in total. The Morgan fingerprint density at radius 3 is 2.39 bits per heavy atom. The van der Waals surface area contributed by atoms with Gasteiger partial charge in [0.2, 0.25) is 0 Å². The summed E-state index contributed by atoms with van der Waals surface area (Å²) in [7, 11) is 3.41. The zero-order chi connectivity index (χ0) is 20.1. The number of pyridine rings is 1. The van der Waals surface area contributed by atoms with E-state index in [1.54, 1.807) is 32.3 Å². The first-order valence-electron chi connectivity index (χ1n) is 8.77. The van der Waals surface area contributed by atoms with Gasteiger partial charge in [0.05, 0.1) is 17.0 Å². The van der Waals surface area contributed by atoms with Gasteiger partial charge in [-0.2, -0.15) is 0 Å². The number of hydrogen-bond acceptors (Lipinski definition) is 4. The van der Waals surface area contributed by atoms with Crippen LogP contribution in [0.5, 0.6) is 0 Å². The van der Waals surface area contributed by atoms with Crippen LogP contribution in [-0.2, 0) is 0 Å². The Bertz CT molecular complexity index is 1000. The van der Waals surface area contributed by atoms with Crippen LogP contribution in [0.1, 0.15) is 16.1 Å². The monoisotopic (exact) mass is 391 g/mol. The van der Waals surface area contributed by atoms with E-state index in [4.69, 9.17) is 0 Å². The highest BCUT2D eigenvalue weighted by Gasteiger charge is 2.13. The molecule has 0 aliphatic rings. The highest BCUT2D eigenvalue weighted by molar-refractivity contribution is 8.13. The van der Waals surface area contributed by atoms with Crippen molar-refractivity contribution in [1.29, 1.82) is 0 Å². The molecule has 0 saturated carbocycles. The summed E-state index contributed by atoms with van der Waals surface area (Å²) in [6, 6.07) is 20.7. The predicted octanol–water partition coefficient (Wildman–Crippen LogP) is 5.08. The standard InChI is InChI=1S/C22H21N3O2S/c1-15-19(12-13-20(23-15)16-8-5-4-6-9-16)21(26)24-17-10-7-11-18(14-17)28-22(27)25(2)3/h4-14H,1-3H3,(H,24,26). The van der Waals surface area contributed by atoms with Crippen LogP contribution in [0.15, 0.2) is 71.6 Å². The van der Waals surface area contributed by atoms with E-state index in [0.29, 0.717) is 16.9 Å². The summed E-state index contributed by atoms with van der Waals surface area (Å²) >= 11 is 1.11. The molecule has 2 amide bonds. The van der Waals surface area contributed by atoms with Crippen molar-refractivity contribution in [3.05, 3.63) is 78.0 Å². The number of aryl methyl sites for hydroxylation is 1. The molecule has 0 fully saturated rings. The molecule has 0 atom stereocenters. The molecule has 0 spiro atoms. The molecule has 1 aromatic heterocycles. The molecule has 3 rings (SSSR count). The third-order valence-corrected chi connectivity index (χ3v) is 5.09. The Balaban J connectivity index is 1.75. The molecule has 0 aliphatic carbocycles. The van der Waals surface area contributed by atoms with Gasteiger partial charge in [-0.25, -0.2) is 0 Å². The van der Waals surface area contributed by atoms with Crippen molar-refractivity contribution in [2.24, 2.45) is 0 Å². The van der Waals surface area contributed by atoms with Gasteiger partial charge in [-0.05, 0) is 49.0 Å². The number of nitrogens with zero attached hydrogens (tertiary/aromatic N) is 2. The van der Waals surface area contributed by atoms with E-state index in [1.807, 2.05) is 55.5 Å². The summed E-state index contributed by atoms with van der Waals surface area (Å²) in [6.07, 6.45) is 0. The van der Waals surface area contributed by atoms with Gasteiger partial charge in [0.1, 0.15) is 0 Å². The van der Waals surface area contributed by atoms with Crippen molar-refractivity contribution >= 4 is 28.6 Å². The molecule has 0 bridgehead atoms. The SMILES string of the molecule is Cc1nc(-c2ccccc2)ccc1C(=O)Nc1cccc(SC(=O)N(C)C)c1. The molecule has 6 heteroatoms. The second-order valence-electron chi connectivity index (χ2n) is 6.44. The fourth-order valence-electron chi connectivity index (χ4n) is 2.60. The number of nitrogens with one attached hydrogen (secondary N) is 1. The zero-order valence-corrected chi connectivity index (χ0v) is 16.8. The van der Waals surface area contributed by atoms with Crippen LogP contribution >= 0.6 is 11.8 Å². The topological polar surface area (TPSA) is 62.3 Å². The minimum Gasteiger partial charge on any atom is -0.339 e. The molecule has 0 unspecified atom stereocenters. The highest BCUT2D eigenvalue weighted by atomic mass is 32.2. The summed E-state index contributed by atoms with van der Waals surface area (Å²) in [5.74, 6) is -0.231. The fraction of sp³-hybridized carbons (Fsp3) is 0.136. The number of hydrogen-bond donors (Lipinski definition) is 1. The number of amides is 2. The van der Waals surface area contributed by atoms with Gasteiger partial charge in [-0.3, -0.25) is 14.6 Å². The van der Waals surface area contributed by atoms with Crippen molar-refractivity contribution in [2.75, 3.05) is 19.4 Å². The normalized spacial score (nSPS) is 10.4. The number of thioether (sulfide) groups is 1. The van der Waals surface area contributed by atoms with Crippen LogP contribution in [0.3, 0.4) is 0 Å². The minimum atomic E-state index is -0.231. The van der Waals surface area contributed by atoms with Crippen molar-refractivity contribution in [3.63, 3.8) is 0 Å². The van der Waals surface area contributed by atoms with Gasteiger partial charge in [0.25, 0.3) is 11.1 Å².